The molecule has 152 valence electrons. The second kappa shape index (κ2) is 9.14. The molecule has 0 spiro atoms. The monoisotopic (exact) mass is 397 g/mol. The quantitative estimate of drug-likeness (QED) is 0.529. The lowest BCUT2D eigenvalue weighted by molar-refractivity contribution is -0.139. The minimum atomic E-state index is -0.289. The van der Waals surface area contributed by atoms with Gasteiger partial charge >= 0.3 is 11.9 Å². The van der Waals surface area contributed by atoms with Crippen LogP contribution in [0.5, 0.6) is 17.4 Å². The number of oxazole rings is 1. The third-order valence-electron chi connectivity index (χ3n) is 4.31. The molecule has 3 rings (SSSR count). The van der Waals surface area contributed by atoms with Gasteiger partial charge in [0.05, 0.1) is 34.4 Å². The van der Waals surface area contributed by atoms with E-state index in [4.69, 9.17) is 23.4 Å². The first-order valence-corrected chi connectivity index (χ1v) is 9.11. The Balaban J connectivity index is 1.96. The first kappa shape index (κ1) is 20.3. The Morgan fingerprint density at radius 2 is 1.66 bits per heavy atom. The zero-order valence-electron chi connectivity index (χ0n) is 16.9. The Hall–Kier alpha value is -3.48. The Labute approximate surface area is 169 Å². The van der Waals surface area contributed by atoms with Gasteiger partial charge in [-0.2, -0.15) is 0 Å². The number of carbonyl (C=O) groups is 1. The maximum absolute atomic E-state index is 11.4. The molecule has 0 saturated carbocycles. The number of esters is 1. The minimum absolute atomic E-state index is 0.212. The molecule has 2 aromatic carbocycles. The number of hydrogen-bond acceptors (Lipinski definition) is 7. The highest BCUT2D eigenvalue weighted by Crippen LogP contribution is 2.38. The smallest absolute Gasteiger partial charge is 0.313 e. The Morgan fingerprint density at radius 1 is 0.966 bits per heavy atom. The number of rotatable bonds is 8. The molecule has 0 aliphatic rings. The van der Waals surface area contributed by atoms with Gasteiger partial charge in [0, 0.05) is 11.1 Å². The van der Waals surface area contributed by atoms with Crippen LogP contribution in [0.25, 0.3) is 22.7 Å². The molecule has 0 bridgehead atoms. The van der Waals surface area contributed by atoms with Crippen molar-refractivity contribution in [3.8, 4) is 40.2 Å². The Bertz CT molecular complexity index is 977. The van der Waals surface area contributed by atoms with E-state index in [1.807, 2.05) is 43.3 Å². The molecule has 0 N–H and O–H groups in total. The van der Waals surface area contributed by atoms with Gasteiger partial charge in [-0.15, -0.1) is 0 Å². The molecule has 0 fully saturated rings. The molecule has 3 aromatic rings. The normalized spacial score (nSPS) is 10.5. The van der Waals surface area contributed by atoms with Crippen molar-refractivity contribution in [3.63, 3.8) is 0 Å². The van der Waals surface area contributed by atoms with Gasteiger partial charge in [0.1, 0.15) is 0 Å². The number of ether oxygens (including phenoxy) is 4. The fourth-order valence-electron chi connectivity index (χ4n) is 2.83. The van der Waals surface area contributed by atoms with Crippen LogP contribution >= 0.6 is 0 Å². The predicted octanol–water partition coefficient (Wildman–Crippen LogP) is 4.14. The lowest BCUT2D eigenvalue weighted by Crippen LogP contribution is -2.04. The topological polar surface area (TPSA) is 80.0 Å². The van der Waals surface area contributed by atoms with Crippen molar-refractivity contribution in [1.29, 1.82) is 0 Å². The fourth-order valence-corrected chi connectivity index (χ4v) is 2.83. The van der Waals surface area contributed by atoms with E-state index >= 15 is 0 Å². The summed E-state index contributed by atoms with van der Waals surface area (Å²) in [6, 6.07) is 12.9. The lowest BCUT2D eigenvalue weighted by Gasteiger charge is -2.08. The highest BCUT2D eigenvalue weighted by molar-refractivity contribution is 5.73. The van der Waals surface area contributed by atoms with Crippen LogP contribution in [-0.2, 0) is 16.0 Å². The van der Waals surface area contributed by atoms with E-state index < -0.39 is 0 Å². The number of benzene rings is 2. The van der Waals surface area contributed by atoms with Crippen molar-refractivity contribution < 1.29 is 28.2 Å². The summed E-state index contributed by atoms with van der Waals surface area (Å²) in [5.41, 5.74) is 2.97. The average molecular weight is 397 g/mol. The van der Waals surface area contributed by atoms with Crippen LogP contribution in [-0.4, -0.2) is 38.9 Å². The summed E-state index contributed by atoms with van der Waals surface area (Å²) in [5, 5.41) is 0. The molecule has 1 aromatic heterocycles. The summed E-state index contributed by atoms with van der Waals surface area (Å²) in [7, 11) is 4.53. The van der Waals surface area contributed by atoms with Crippen molar-refractivity contribution in [3.05, 3.63) is 48.0 Å². The van der Waals surface area contributed by atoms with Gasteiger partial charge < -0.3 is 23.4 Å². The van der Waals surface area contributed by atoms with E-state index in [2.05, 4.69) is 4.98 Å². The number of carbonyl (C=O) groups excluding carboxylic acids is 1. The Morgan fingerprint density at radius 3 is 2.28 bits per heavy atom. The minimum Gasteiger partial charge on any atom is -0.493 e. The van der Waals surface area contributed by atoms with Crippen molar-refractivity contribution in [2.45, 2.75) is 13.3 Å². The van der Waals surface area contributed by atoms with Crippen LogP contribution in [0, 0.1) is 0 Å². The van der Waals surface area contributed by atoms with E-state index in [0.717, 1.165) is 16.7 Å². The third-order valence-corrected chi connectivity index (χ3v) is 4.31. The first-order valence-electron chi connectivity index (χ1n) is 9.11. The molecular formula is C22H23NO6. The van der Waals surface area contributed by atoms with E-state index in [1.54, 1.807) is 20.3 Å². The average Bonchev–Trinajstić information content (AvgIpc) is 3.17. The van der Waals surface area contributed by atoms with Crippen LogP contribution < -0.4 is 14.2 Å². The van der Waals surface area contributed by atoms with E-state index in [9.17, 15) is 4.79 Å². The van der Waals surface area contributed by atoms with Crippen LogP contribution in [0.3, 0.4) is 0 Å². The second-order valence-corrected chi connectivity index (χ2v) is 6.11. The van der Waals surface area contributed by atoms with Gasteiger partial charge in [0.15, 0.2) is 17.2 Å². The molecule has 0 aliphatic heterocycles. The number of methoxy groups -OCH3 is 3. The Kier molecular flexibility index (Phi) is 6.39. The largest absolute Gasteiger partial charge is 0.493 e. The van der Waals surface area contributed by atoms with Gasteiger partial charge in [-0.1, -0.05) is 12.1 Å². The van der Waals surface area contributed by atoms with Gasteiger partial charge in [-0.25, -0.2) is 4.98 Å². The summed E-state index contributed by atoms with van der Waals surface area (Å²) < 4.78 is 26.9. The van der Waals surface area contributed by atoms with E-state index in [-0.39, 0.29) is 12.4 Å². The van der Waals surface area contributed by atoms with Crippen molar-refractivity contribution in [1.82, 2.24) is 4.98 Å². The third kappa shape index (κ3) is 4.51. The first-order chi connectivity index (χ1) is 14.1. The van der Waals surface area contributed by atoms with Gasteiger partial charge in [0.2, 0.25) is 5.89 Å². The second-order valence-electron chi connectivity index (χ2n) is 6.11. The van der Waals surface area contributed by atoms with Crippen LogP contribution in [0.1, 0.15) is 12.5 Å². The maximum atomic E-state index is 11.4. The highest BCUT2D eigenvalue weighted by Gasteiger charge is 2.19. The van der Waals surface area contributed by atoms with Gasteiger partial charge in [0.25, 0.3) is 0 Å². The fraction of sp³-hybridized carbons (Fsp3) is 0.273. The molecule has 7 nitrogen and oxygen atoms in total. The zero-order valence-corrected chi connectivity index (χ0v) is 16.9. The van der Waals surface area contributed by atoms with Crippen molar-refractivity contribution in [2.24, 2.45) is 0 Å². The van der Waals surface area contributed by atoms with E-state index in [0.29, 0.717) is 35.6 Å². The highest BCUT2D eigenvalue weighted by atomic mass is 16.6. The standard InChI is InChI=1S/C22H23NO6/c1-5-28-22-20(16-10-11-17(25-2)18(13-16)26-3)23-21(29-22)15-8-6-14(7-9-15)12-19(24)27-4/h6-11,13H,5,12H2,1-4H3. The molecule has 0 unspecified atom stereocenters. The van der Waals surface area contributed by atoms with Crippen LogP contribution in [0.15, 0.2) is 46.9 Å². The van der Waals surface area contributed by atoms with Crippen molar-refractivity contribution >= 4 is 5.97 Å². The molecule has 0 saturated heterocycles. The molecule has 7 heteroatoms. The number of aromatic nitrogens is 1. The van der Waals surface area contributed by atoms with Crippen LogP contribution in [0.2, 0.25) is 0 Å². The predicted molar refractivity (Wildman–Crippen MR) is 107 cm³/mol. The summed E-state index contributed by atoms with van der Waals surface area (Å²) in [6.07, 6.45) is 0.212. The summed E-state index contributed by atoms with van der Waals surface area (Å²) in [5.74, 6) is 1.67. The SMILES string of the molecule is CCOc1oc(-c2ccc(CC(=O)OC)cc2)nc1-c1ccc(OC)c(OC)c1. The molecule has 0 radical (unpaired) electrons. The van der Waals surface area contributed by atoms with E-state index in [1.165, 1.54) is 7.11 Å². The molecule has 29 heavy (non-hydrogen) atoms. The summed E-state index contributed by atoms with van der Waals surface area (Å²) in [6.45, 7) is 2.31. The molecule has 0 aliphatic carbocycles. The number of nitrogens with zero attached hydrogens (tertiary/aromatic N) is 1. The van der Waals surface area contributed by atoms with Crippen molar-refractivity contribution in [2.75, 3.05) is 27.9 Å². The molecule has 1 heterocycles. The molecular weight excluding hydrogens is 374 g/mol. The number of hydrogen-bond donors (Lipinski definition) is 0. The maximum Gasteiger partial charge on any atom is 0.313 e. The zero-order chi connectivity index (χ0) is 20.8. The summed E-state index contributed by atoms with van der Waals surface area (Å²) >= 11 is 0. The molecule has 0 atom stereocenters. The summed E-state index contributed by atoms with van der Waals surface area (Å²) in [4.78, 5) is 16.0. The van der Waals surface area contributed by atoms with Crippen LogP contribution in [0.4, 0.5) is 0 Å². The molecule has 0 amide bonds. The van der Waals surface area contributed by atoms with Gasteiger partial charge in [-0.3, -0.25) is 4.79 Å². The lowest BCUT2D eigenvalue weighted by atomic mass is 10.1. The van der Waals surface area contributed by atoms with Gasteiger partial charge in [-0.05, 0) is 42.8 Å².